The van der Waals surface area contributed by atoms with Gasteiger partial charge in [-0.3, -0.25) is 0 Å². The van der Waals surface area contributed by atoms with Crippen molar-refractivity contribution in [1.82, 2.24) is 0 Å². The van der Waals surface area contributed by atoms with Crippen LogP contribution >= 0.6 is 0 Å². The van der Waals surface area contributed by atoms with E-state index in [2.05, 4.69) is 60.7 Å². The monoisotopic (exact) mass is 315 g/mol. The van der Waals surface area contributed by atoms with Gasteiger partial charge >= 0.3 is 0 Å². The molecule has 2 N–H and O–H groups in total. The Kier molecular flexibility index (Phi) is 6.29. The van der Waals surface area contributed by atoms with E-state index in [1.54, 1.807) is 14.2 Å². The molecule has 0 fully saturated rings. The van der Waals surface area contributed by atoms with Gasteiger partial charge in [-0.15, -0.1) is 0 Å². The van der Waals surface area contributed by atoms with E-state index in [4.69, 9.17) is 9.47 Å². The van der Waals surface area contributed by atoms with E-state index in [1.807, 2.05) is 6.07 Å². The molecule has 0 spiro atoms. The largest absolute Gasteiger partial charge is 0.493 e. The van der Waals surface area contributed by atoms with Crippen LogP contribution in [-0.2, 0) is 13.0 Å². The first-order valence-electron chi connectivity index (χ1n) is 7.93. The summed E-state index contributed by atoms with van der Waals surface area (Å²) in [5.41, 5.74) is 3.85. The quantitative estimate of drug-likeness (QED) is 0.758. The summed E-state index contributed by atoms with van der Waals surface area (Å²) in [5, 5.41) is 2.33. The molecule has 0 saturated heterocycles. The molecule has 0 aliphatic rings. The second kappa shape index (κ2) is 8.44. The molecular weight excluding hydrogens is 288 g/mol. The number of anilines is 1. The fourth-order valence-electron chi connectivity index (χ4n) is 2.50. The standard InChI is InChI=1S/C19H26N2O2/c1-21(2)17-8-5-16(6-9-17)14-20-12-11-15-7-10-18(22-3)19(13-15)23-4/h5-10,13,20H,11-12,14H2,1-4H3/p+1. The van der Waals surface area contributed by atoms with Crippen molar-refractivity contribution in [3.63, 3.8) is 0 Å². The van der Waals surface area contributed by atoms with Crippen LogP contribution in [0.1, 0.15) is 11.1 Å². The molecule has 2 rings (SSSR count). The van der Waals surface area contributed by atoms with Gasteiger partial charge in [0.05, 0.1) is 20.8 Å². The Balaban J connectivity index is 1.81. The second-order valence-corrected chi connectivity index (χ2v) is 5.78. The van der Waals surface area contributed by atoms with E-state index in [9.17, 15) is 0 Å². The molecule has 2 aromatic carbocycles. The maximum atomic E-state index is 5.34. The first-order chi connectivity index (χ1) is 11.1. The van der Waals surface area contributed by atoms with Crippen molar-refractivity contribution >= 4 is 5.69 Å². The Labute approximate surface area is 139 Å². The molecule has 23 heavy (non-hydrogen) atoms. The van der Waals surface area contributed by atoms with Gasteiger partial charge in [-0.25, -0.2) is 0 Å². The zero-order valence-corrected chi connectivity index (χ0v) is 14.5. The molecule has 0 unspecified atom stereocenters. The number of methoxy groups -OCH3 is 2. The van der Waals surface area contributed by atoms with Crippen molar-refractivity contribution in [2.45, 2.75) is 13.0 Å². The van der Waals surface area contributed by atoms with E-state index in [0.717, 1.165) is 31.0 Å². The normalized spacial score (nSPS) is 10.4. The highest BCUT2D eigenvalue weighted by Crippen LogP contribution is 2.27. The minimum Gasteiger partial charge on any atom is -0.493 e. The molecule has 0 aliphatic heterocycles. The third-order valence-corrected chi connectivity index (χ3v) is 3.92. The van der Waals surface area contributed by atoms with E-state index < -0.39 is 0 Å². The Morgan fingerprint density at radius 2 is 1.52 bits per heavy atom. The lowest BCUT2D eigenvalue weighted by Gasteiger charge is -2.12. The third-order valence-electron chi connectivity index (χ3n) is 3.92. The van der Waals surface area contributed by atoms with Crippen molar-refractivity contribution in [3.05, 3.63) is 53.6 Å². The highest BCUT2D eigenvalue weighted by molar-refractivity contribution is 5.46. The van der Waals surface area contributed by atoms with Crippen molar-refractivity contribution < 1.29 is 14.8 Å². The van der Waals surface area contributed by atoms with Gasteiger partial charge in [0.2, 0.25) is 0 Å². The molecule has 0 amide bonds. The molecule has 0 aromatic heterocycles. The average molecular weight is 315 g/mol. The first kappa shape index (κ1) is 17.2. The molecule has 4 nitrogen and oxygen atoms in total. The fourth-order valence-corrected chi connectivity index (χ4v) is 2.50. The summed E-state index contributed by atoms with van der Waals surface area (Å²) in [6.45, 7) is 2.05. The molecule has 0 bridgehead atoms. The maximum absolute atomic E-state index is 5.34. The predicted molar refractivity (Wildman–Crippen MR) is 94.5 cm³/mol. The molecule has 0 atom stereocenters. The summed E-state index contributed by atoms with van der Waals surface area (Å²) in [7, 11) is 7.45. The molecule has 124 valence electrons. The van der Waals surface area contributed by atoms with Crippen LogP contribution in [0.2, 0.25) is 0 Å². The minimum absolute atomic E-state index is 0.779. The van der Waals surface area contributed by atoms with Gasteiger partial charge in [0.25, 0.3) is 0 Å². The number of nitrogens with zero attached hydrogens (tertiary/aromatic N) is 1. The Morgan fingerprint density at radius 1 is 0.870 bits per heavy atom. The molecular formula is C19H27N2O2+. The number of hydrogen-bond donors (Lipinski definition) is 1. The Bertz CT molecular complexity index is 609. The summed E-state index contributed by atoms with van der Waals surface area (Å²) in [6.07, 6.45) is 1.01. The van der Waals surface area contributed by atoms with Crippen LogP contribution in [0.4, 0.5) is 5.69 Å². The lowest BCUT2D eigenvalue weighted by atomic mass is 10.1. The number of ether oxygens (including phenoxy) is 2. The third kappa shape index (κ3) is 4.89. The van der Waals surface area contributed by atoms with Crippen molar-refractivity contribution in [2.24, 2.45) is 0 Å². The van der Waals surface area contributed by atoms with Crippen LogP contribution in [0, 0.1) is 0 Å². The summed E-state index contributed by atoms with van der Waals surface area (Å²) < 4.78 is 10.6. The van der Waals surface area contributed by atoms with Crippen molar-refractivity contribution in [2.75, 3.05) is 39.8 Å². The number of benzene rings is 2. The molecule has 2 aromatic rings. The van der Waals surface area contributed by atoms with E-state index in [0.29, 0.717) is 0 Å². The van der Waals surface area contributed by atoms with E-state index in [1.165, 1.54) is 16.8 Å². The van der Waals surface area contributed by atoms with Crippen molar-refractivity contribution in [3.8, 4) is 11.5 Å². The Hall–Kier alpha value is -2.20. The van der Waals surface area contributed by atoms with Crippen LogP contribution in [0.3, 0.4) is 0 Å². The second-order valence-electron chi connectivity index (χ2n) is 5.78. The SMILES string of the molecule is COc1ccc(CC[NH2+]Cc2ccc(N(C)C)cc2)cc1OC. The van der Waals surface area contributed by atoms with Gasteiger partial charge < -0.3 is 19.7 Å². The zero-order chi connectivity index (χ0) is 16.7. The average Bonchev–Trinajstić information content (AvgIpc) is 2.58. The number of hydrogen-bond acceptors (Lipinski definition) is 3. The van der Waals surface area contributed by atoms with Crippen LogP contribution in [0.25, 0.3) is 0 Å². The van der Waals surface area contributed by atoms with Gasteiger partial charge in [0.15, 0.2) is 11.5 Å². The first-order valence-corrected chi connectivity index (χ1v) is 7.93. The van der Waals surface area contributed by atoms with Gasteiger partial charge in [0, 0.05) is 31.8 Å². The molecule has 0 saturated carbocycles. The van der Waals surface area contributed by atoms with Crippen LogP contribution in [-0.4, -0.2) is 34.9 Å². The zero-order valence-electron chi connectivity index (χ0n) is 14.5. The number of quaternary nitrogens is 1. The summed E-state index contributed by atoms with van der Waals surface area (Å²) in [6, 6.07) is 14.8. The van der Waals surface area contributed by atoms with Gasteiger partial charge in [-0.2, -0.15) is 0 Å². The minimum atomic E-state index is 0.779. The molecule has 0 heterocycles. The van der Waals surface area contributed by atoms with Crippen LogP contribution in [0.5, 0.6) is 11.5 Å². The maximum Gasteiger partial charge on any atom is 0.160 e. The number of rotatable bonds is 8. The van der Waals surface area contributed by atoms with Crippen molar-refractivity contribution in [1.29, 1.82) is 0 Å². The molecule has 0 radical (unpaired) electrons. The highest BCUT2D eigenvalue weighted by Gasteiger charge is 2.05. The Morgan fingerprint density at radius 3 is 2.13 bits per heavy atom. The van der Waals surface area contributed by atoms with E-state index in [-0.39, 0.29) is 0 Å². The van der Waals surface area contributed by atoms with E-state index >= 15 is 0 Å². The van der Waals surface area contributed by atoms with Gasteiger partial charge in [-0.1, -0.05) is 18.2 Å². The molecule has 0 aliphatic carbocycles. The lowest BCUT2D eigenvalue weighted by Crippen LogP contribution is -2.83. The number of nitrogens with two attached hydrogens (primary N) is 1. The summed E-state index contributed by atoms with van der Waals surface area (Å²) in [4.78, 5) is 2.12. The fraction of sp³-hybridized carbons (Fsp3) is 0.368. The van der Waals surface area contributed by atoms with Gasteiger partial charge in [-0.05, 0) is 29.8 Å². The summed E-state index contributed by atoms with van der Waals surface area (Å²) >= 11 is 0. The molecule has 4 heteroatoms. The van der Waals surface area contributed by atoms with Crippen LogP contribution in [0.15, 0.2) is 42.5 Å². The predicted octanol–water partition coefficient (Wildman–Crippen LogP) is 2.08. The highest BCUT2D eigenvalue weighted by atomic mass is 16.5. The lowest BCUT2D eigenvalue weighted by molar-refractivity contribution is -0.670. The van der Waals surface area contributed by atoms with Gasteiger partial charge in [0.1, 0.15) is 6.54 Å². The summed E-state index contributed by atoms with van der Waals surface area (Å²) in [5.74, 6) is 1.57. The topological polar surface area (TPSA) is 38.3 Å². The smallest absolute Gasteiger partial charge is 0.160 e. The van der Waals surface area contributed by atoms with Crippen LogP contribution < -0.4 is 19.7 Å².